The van der Waals surface area contributed by atoms with Crippen LogP contribution in [0.4, 0.5) is 4.79 Å². The van der Waals surface area contributed by atoms with E-state index in [2.05, 4.69) is 0 Å². The first kappa shape index (κ1) is 10.4. The van der Waals surface area contributed by atoms with E-state index in [0.29, 0.717) is 12.2 Å². The number of hydrogen-bond donors (Lipinski definition) is 0. The first-order chi connectivity index (χ1) is 7.42. The number of hydrogen-bond acceptors (Lipinski definition) is 3. The summed E-state index contributed by atoms with van der Waals surface area (Å²) in [6.45, 7) is 6.51. The molecule has 1 amide bonds. The van der Waals surface area contributed by atoms with Gasteiger partial charge in [-0.15, -0.1) is 0 Å². The number of fused-ring (bicyclic) bond motifs is 2. The Morgan fingerprint density at radius 2 is 2.12 bits per heavy atom. The number of likely N-dealkylation sites (tertiary alicyclic amines) is 1. The van der Waals surface area contributed by atoms with Gasteiger partial charge in [0.15, 0.2) is 0 Å². The molecule has 1 saturated carbocycles. The van der Waals surface area contributed by atoms with Crippen LogP contribution in [0, 0.1) is 0 Å². The number of nitrogens with zero attached hydrogens (tertiary/aromatic N) is 1. The molecule has 4 nitrogen and oxygen atoms in total. The summed E-state index contributed by atoms with van der Waals surface area (Å²) >= 11 is 0. The molecular weight excluding hydrogens is 206 g/mol. The van der Waals surface area contributed by atoms with Crippen LogP contribution in [-0.2, 0) is 9.47 Å². The number of epoxide rings is 1. The Morgan fingerprint density at radius 3 is 2.69 bits per heavy atom. The summed E-state index contributed by atoms with van der Waals surface area (Å²) in [5.41, 5.74) is -0.403. The molecule has 3 rings (SSSR count). The Hall–Kier alpha value is -0.770. The number of carbonyl (C=O) groups is 1. The molecule has 16 heavy (non-hydrogen) atoms. The molecule has 4 heteroatoms. The molecule has 1 aliphatic carbocycles. The van der Waals surface area contributed by atoms with Gasteiger partial charge in [0.25, 0.3) is 0 Å². The lowest BCUT2D eigenvalue weighted by atomic mass is 10.0. The molecule has 2 saturated heterocycles. The van der Waals surface area contributed by atoms with Crippen molar-refractivity contribution in [3.05, 3.63) is 0 Å². The van der Waals surface area contributed by atoms with Gasteiger partial charge in [0.05, 0.1) is 11.6 Å². The van der Waals surface area contributed by atoms with Crippen LogP contribution in [0.1, 0.15) is 40.0 Å². The topological polar surface area (TPSA) is 42.1 Å². The molecule has 2 heterocycles. The van der Waals surface area contributed by atoms with Crippen molar-refractivity contribution in [1.29, 1.82) is 0 Å². The van der Waals surface area contributed by atoms with Gasteiger partial charge in [0, 0.05) is 6.54 Å². The molecule has 2 aliphatic heterocycles. The highest BCUT2D eigenvalue weighted by molar-refractivity contribution is 5.70. The van der Waals surface area contributed by atoms with Crippen molar-refractivity contribution in [3.63, 3.8) is 0 Å². The van der Waals surface area contributed by atoms with Gasteiger partial charge in [-0.05, 0) is 40.0 Å². The Morgan fingerprint density at radius 1 is 1.44 bits per heavy atom. The van der Waals surface area contributed by atoms with Gasteiger partial charge >= 0.3 is 6.09 Å². The smallest absolute Gasteiger partial charge is 0.410 e. The van der Waals surface area contributed by atoms with Crippen molar-refractivity contribution >= 4 is 6.09 Å². The molecule has 2 atom stereocenters. The average Bonchev–Trinajstić information content (AvgIpc) is 2.94. The number of carbonyl (C=O) groups excluding carboxylic acids is 1. The summed E-state index contributed by atoms with van der Waals surface area (Å²) in [5.74, 6) is 0. The predicted octanol–water partition coefficient (Wildman–Crippen LogP) is 1.93. The first-order valence-corrected chi connectivity index (χ1v) is 6.08. The van der Waals surface area contributed by atoms with Crippen LogP contribution in [0.2, 0.25) is 0 Å². The van der Waals surface area contributed by atoms with E-state index in [1.807, 2.05) is 25.7 Å². The van der Waals surface area contributed by atoms with Crippen molar-refractivity contribution < 1.29 is 14.3 Å². The number of amides is 1. The molecule has 0 N–H and O–H groups in total. The molecule has 1 spiro atoms. The largest absolute Gasteiger partial charge is 0.444 e. The second-order valence-corrected chi connectivity index (χ2v) is 6.12. The molecule has 90 valence electrons. The third-order valence-electron chi connectivity index (χ3n) is 3.66. The van der Waals surface area contributed by atoms with E-state index >= 15 is 0 Å². The van der Waals surface area contributed by atoms with E-state index in [4.69, 9.17) is 9.47 Å². The highest BCUT2D eigenvalue weighted by Gasteiger charge is 2.68. The van der Waals surface area contributed by atoms with Gasteiger partial charge in [-0.25, -0.2) is 4.79 Å². The number of ether oxygens (including phenoxy) is 2. The molecule has 0 aromatic rings. The van der Waals surface area contributed by atoms with Crippen LogP contribution < -0.4 is 0 Å². The van der Waals surface area contributed by atoms with E-state index in [1.54, 1.807) is 0 Å². The average molecular weight is 225 g/mol. The van der Waals surface area contributed by atoms with Crippen LogP contribution in [0.3, 0.4) is 0 Å². The van der Waals surface area contributed by atoms with Crippen molar-refractivity contribution in [2.24, 2.45) is 0 Å². The van der Waals surface area contributed by atoms with Crippen LogP contribution in [0.5, 0.6) is 0 Å². The molecule has 3 fully saturated rings. The lowest BCUT2D eigenvalue weighted by Gasteiger charge is -2.35. The molecular formula is C12H19NO3. The minimum atomic E-state index is -0.408. The van der Waals surface area contributed by atoms with E-state index in [1.165, 1.54) is 0 Å². The maximum absolute atomic E-state index is 12.1. The third kappa shape index (κ3) is 1.51. The Kier molecular flexibility index (Phi) is 1.89. The maximum atomic E-state index is 12.1. The SMILES string of the molecule is CC(C)(C)OC(=O)N1CCC2OC2C12CC2. The summed E-state index contributed by atoms with van der Waals surface area (Å²) in [6.07, 6.45) is 3.67. The van der Waals surface area contributed by atoms with Gasteiger partial charge in [0.2, 0.25) is 0 Å². The van der Waals surface area contributed by atoms with Gasteiger partial charge < -0.3 is 9.47 Å². The fraction of sp³-hybridized carbons (Fsp3) is 0.917. The minimum Gasteiger partial charge on any atom is -0.444 e. The van der Waals surface area contributed by atoms with Crippen molar-refractivity contribution in [2.45, 2.75) is 63.4 Å². The summed E-state index contributed by atoms with van der Waals surface area (Å²) in [7, 11) is 0. The van der Waals surface area contributed by atoms with E-state index in [-0.39, 0.29) is 11.6 Å². The highest BCUT2D eigenvalue weighted by atomic mass is 16.6. The zero-order chi connectivity index (χ0) is 11.6. The Bertz CT molecular complexity index is 330. The lowest BCUT2D eigenvalue weighted by Crippen LogP contribution is -2.51. The van der Waals surface area contributed by atoms with Gasteiger partial charge in [-0.1, -0.05) is 0 Å². The normalized spacial score (nSPS) is 34.6. The van der Waals surface area contributed by atoms with Crippen LogP contribution in [0.15, 0.2) is 0 Å². The molecule has 0 bridgehead atoms. The second-order valence-electron chi connectivity index (χ2n) is 6.12. The van der Waals surface area contributed by atoms with E-state index in [9.17, 15) is 4.79 Å². The fourth-order valence-electron chi connectivity index (χ4n) is 2.74. The Labute approximate surface area is 95.9 Å². The quantitative estimate of drug-likeness (QED) is 0.591. The van der Waals surface area contributed by atoms with E-state index < -0.39 is 5.60 Å². The molecule has 0 aromatic heterocycles. The van der Waals surface area contributed by atoms with E-state index in [0.717, 1.165) is 25.8 Å². The second kappa shape index (κ2) is 2.92. The summed E-state index contributed by atoms with van der Waals surface area (Å²) in [6, 6.07) is 0. The van der Waals surface area contributed by atoms with Crippen molar-refractivity contribution in [1.82, 2.24) is 4.90 Å². The molecule has 0 radical (unpaired) electrons. The number of piperidine rings is 1. The summed E-state index contributed by atoms with van der Waals surface area (Å²) in [5, 5.41) is 0. The Balaban J connectivity index is 1.72. The predicted molar refractivity (Wildman–Crippen MR) is 58.2 cm³/mol. The van der Waals surface area contributed by atoms with Crippen molar-refractivity contribution in [2.75, 3.05) is 6.54 Å². The third-order valence-corrected chi connectivity index (χ3v) is 3.66. The highest BCUT2D eigenvalue weighted by Crippen LogP contribution is 2.56. The monoisotopic (exact) mass is 225 g/mol. The lowest BCUT2D eigenvalue weighted by molar-refractivity contribution is 0.00779. The summed E-state index contributed by atoms with van der Waals surface area (Å²) < 4.78 is 11.1. The maximum Gasteiger partial charge on any atom is 0.410 e. The zero-order valence-electron chi connectivity index (χ0n) is 10.2. The van der Waals surface area contributed by atoms with Gasteiger partial charge in [-0.2, -0.15) is 0 Å². The molecule has 0 aromatic carbocycles. The number of rotatable bonds is 0. The zero-order valence-corrected chi connectivity index (χ0v) is 10.2. The van der Waals surface area contributed by atoms with Crippen LogP contribution in [0.25, 0.3) is 0 Å². The summed E-state index contributed by atoms with van der Waals surface area (Å²) in [4.78, 5) is 14.0. The van der Waals surface area contributed by atoms with Gasteiger partial charge in [-0.3, -0.25) is 4.90 Å². The van der Waals surface area contributed by atoms with Crippen molar-refractivity contribution in [3.8, 4) is 0 Å². The standard InChI is InChI=1S/C12H19NO3/c1-11(2,3)16-10(14)13-7-4-8-9(15-8)12(13)5-6-12/h8-9H,4-7H2,1-3H3. The van der Waals surface area contributed by atoms with Crippen LogP contribution in [-0.4, -0.2) is 40.9 Å². The van der Waals surface area contributed by atoms with Crippen LogP contribution >= 0.6 is 0 Å². The van der Waals surface area contributed by atoms with Gasteiger partial charge in [0.1, 0.15) is 11.7 Å². The fourth-order valence-corrected chi connectivity index (χ4v) is 2.74. The molecule has 2 unspecified atom stereocenters. The first-order valence-electron chi connectivity index (χ1n) is 6.08. The molecule has 3 aliphatic rings. The minimum absolute atomic E-state index is 0.00521.